The normalized spacial score (nSPS) is 10.2. The van der Waals surface area contributed by atoms with Crippen LogP contribution in [0.4, 0.5) is 0 Å². The van der Waals surface area contributed by atoms with Gasteiger partial charge in [0.25, 0.3) is 8.07 Å². The molecule has 0 unspecified atom stereocenters. The maximum Gasteiger partial charge on any atom is 0.279 e. The zero-order valence-electron chi connectivity index (χ0n) is 8.73. The van der Waals surface area contributed by atoms with E-state index >= 15 is 0 Å². The first-order chi connectivity index (χ1) is 5.95. The van der Waals surface area contributed by atoms with E-state index in [0.717, 1.165) is 12.8 Å². The van der Waals surface area contributed by atoms with Crippen LogP contribution in [0, 0.1) is 11.5 Å². The standard InChI is InChI=1S/C10H16O2Si/c1-5-6-7-8-13(4,9(2)11)10(3)12/h5-6H2,1-4H3. The maximum atomic E-state index is 11.2. The summed E-state index contributed by atoms with van der Waals surface area (Å²) in [4.78, 5) is 22.5. The monoisotopic (exact) mass is 196 g/mol. The van der Waals surface area contributed by atoms with Crippen LogP contribution in [0.3, 0.4) is 0 Å². The average molecular weight is 196 g/mol. The van der Waals surface area contributed by atoms with Crippen LogP contribution in [-0.2, 0) is 9.59 Å². The van der Waals surface area contributed by atoms with Gasteiger partial charge in [-0.25, -0.2) is 0 Å². The van der Waals surface area contributed by atoms with Gasteiger partial charge < -0.3 is 9.59 Å². The van der Waals surface area contributed by atoms with E-state index in [4.69, 9.17) is 0 Å². The van der Waals surface area contributed by atoms with Crippen molar-refractivity contribution in [2.24, 2.45) is 0 Å². The lowest BCUT2D eigenvalue weighted by Gasteiger charge is -2.11. The lowest BCUT2D eigenvalue weighted by molar-refractivity contribution is -0.114. The van der Waals surface area contributed by atoms with Crippen LogP contribution in [0.1, 0.15) is 33.6 Å². The third-order valence-electron chi connectivity index (χ3n) is 2.12. The molecule has 13 heavy (non-hydrogen) atoms. The molecular formula is C10H16O2Si. The molecule has 0 aliphatic carbocycles. The van der Waals surface area contributed by atoms with Gasteiger partial charge in [0.15, 0.2) is 0 Å². The van der Waals surface area contributed by atoms with Crippen LogP contribution in [0.25, 0.3) is 0 Å². The van der Waals surface area contributed by atoms with Crippen molar-refractivity contribution in [1.29, 1.82) is 0 Å². The van der Waals surface area contributed by atoms with Crippen molar-refractivity contribution in [2.45, 2.75) is 40.2 Å². The van der Waals surface area contributed by atoms with Gasteiger partial charge in [-0.1, -0.05) is 6.92 Å². The van der Waals surface area contributed by atoms with E-state index in [1.807, 2.05) is 6.92 Å². The molecule has 0 aromatic rings. The Bertz CT molecular complexity index is 256. The second kappa shape index (κ2) is 4.98. The average Bonchev–Trinajstić information content (AvgIpc) is 2.03. The lowest BCUT2D eigenvalue weighted by Crippen LogP contribution is -2.46. The summed E-state index contributed by atoms with van der Waals surface area (Å²) in [7, 11) is -2.58. The van der Waals surface area contributed by atoms with Crippen LogP contribution in [-0.4, -0.2) is 18.9 Å². The molecule has 2 nitrogen and oxygen atoms in total. The quantitative estimate of drug-likeness (QED) is 0.508. The van der Waals surface area contributed by atoms with Crippen LogP contribution in [0.5, 0.6) is 0 Å². The summed E-state index contributed by atoms with van der Waals surface area (Å²) in [5, 5.41) is -0.0767. The molecule has 72 valence electrons. The first-order valence-electron chi connectivity index (χ1n) is 4.47. The van der Waals surface area contributed by atoms with Gasteiger partial charge in [0.2, 0.25) is 0 Å². The molecule has 0 aromatic carbocycles. The van der Waals surface area contributed by atoms with Crippen molar-refractivity contribution < 1.29 is 9.59 Å². The number of hydrogen-bond acceptors (Lipinski definition) is 2. The molecule has 0 spiro atoms. The van der Waals surface area contributed by atoms with E-state index in [9.17, 15) is 9.59 Å². The predicted octanol–water partition coefficient (Wildman–Crippen LogP) is 1.66. The molecule has 0 amide bonds. The largest absolute Gasteiger partial charge is 0.304 e. The molecule has 0 atom stereocenters. The van der Waals surface area contributed by atoms with Crippen molar-refractivity contribution in [1.82, 2.24) is 0 Å². The van der Waals surface area contributed by atoms with E-state index in [2.05, 4.69) is 11.5 Å². The number of carbonyl (C=O) groups is 2. The van der Waals surface area contributed by atoms with E-state index < -0.39 is 8.07 Å². The SMILES string of the molecule is CCCC#C[Si](C)(C(C)=O)C(C)=O. The fourth-order valence-electron chi connectivity index (χ4n) is 0.788. The number of rotatable bonds is 3. The minimum Gasteiger partial charge on any atom is -0.304 e. The maximum absolute atomic E-state index is 11.2. The first kappa shape index (κ1) is 12.1. The lowest BCUT2D eigenvalue weighted by atomic mass is 10.4. The third kappa shape index (κ3) is 3.15. The molecule has 0 saturated carbocycles. The van der Waals surface area contributed by atoms with Crippen LogP contribution in [0.2, 0.25) is 6.55 Å². The molecule has 0 aliphatic heterocycles. The summed E-state index contributed by atoms with van der Waals surface area (Å²) in [6.45, 7) is 6.68. The summed E-state index contributed by atoms with van der Waals surface area (Å²) in [5.41, 5.74) is 2.89. The highest BCUT2D eigenvalue weighted by atomic mass is 28.3. The van der Waals surface area contributed by atoms with Gasteiger partial charge in [-0.3, -0.25) is 0 Å². The summed E-state index contributed by atoms with van der Waals surface area (Å²) in [6.07, 6.45) is 1.73. The van der Waals surface area contributed by atoms with E-state index in [0.29, 0.717) is 0 Å². The van der Waals surface area contributed by atoms with Gasteiger partial charge in [0.1, 0.15) is 10.8 Å². The van der Waals surface area contributed by atoms with Gasteiger partial charge in [0, 0.05) is 6.42 Å². The van der Waals surface area contributed by atoms with Gasteiger partial charge in [-0.15, -0.1) is 11.5 Å². The molecule has 0 radical (unpaired) electrons. The van der Waals surface area contributed by atoms with E-state index in [1.165, 1.54) is 13.8 Å². The van der Waals surface area contributed by atoms with Crippen molar-refractivity contribution >= 4 is 18.9 Å². The Labute approximate surface area is 80.7 Å². The molecule has 0 rings (SSSR count). The number of carbonyl (C=O) groups excluding carboxylic acids is 2. The minimum atomic E-state index is -2.58. The highest BCUT2D eigenvalue weighted by Gasteiger charge is 2.37. The summed E-state index contributed by atoms with van der Waals surface area (Å²) in [6, 6.07) is 0. The number of unbranched alkanes of at least 4 members (excludes halogenated alkanes) is 1. The number of hydrogen-bond donors (Lipinski definition) is 0. The Morgan fingerprint density at radius 2 is 1.69 bits per heavy atom. The van der Waals surface area contributed by atoms with E-state index in [-0.39, 0.29) is 10.8 Å². The second-order valence-corrected chi connectivity index (χ2v) is 7.20. The van der Waals surface area contributed by atoms with Crippen molar-refractivity contribution in [2.75, 3.05) is 0 Å². The molecule has 0 heterocycles. The summed E-state index contributed by atoms with van der Waals surface area (Å²) >= 11 is 0. The molecule has 0 aromatic heterocycles. The Hall–Kier alpha value is -0.883. The Balaban J connectivity index is 4.75. The zero-order chi connectivity index (χ0) is 10.5. The molecule has 0 saturated heterocycles. The molecule has 0 bridgehead atoms. The Morgan fingerprint density at radius 3 is 2.00 bits per heavy atom. The fraction of sp³-hybridized carbons (Fsp3) is 0.600. The fourth-order valence-corrected chi connectivity index (χ4v) is 2.11. The minimum absolute atomic E-state index is 0.0383. The highest BCUT2D eigenvalue weighted by Crippen LogP contribution is 2.04. The second-order valence-electron chi connectivity index (χ2n) is 3.29. The van der Waals surface area contributed by atoms with Crippen LogP contribution < -0.4 is 0 Å². The van der Waals surface area contributed by atoms with Gasteiger partial charge >= 0.3 is 0 Å². The molecule has 0 N–H and O–H groups in total. The van der Waals surface area contributed by atoms with Gasteiger partial charge in [-0.05, 0) is 26.8 Å². The van der Waals surface area contributed by atoms with Crippen LogP contribution >= 0.6 is 0 Å². The zero-order valence-corrected chi connectivity index (χ0v) is 9.73. The Morgan fingerprint density at radius 1 is 1.23 bits per heavy atom. The molecule has 3 heteroatoms. The molecule has 0 aliphatic rings. The highest BCUT2D eigenvalue weighted by molar-refractivity contribution is 7.28. The van der Waals surface area contributed by atoms with Gasteiger partial charge in [-0.2, -0.15) is 0 Å². The van der Waals surface area contributed by atoms with E-state index in [1.54, 1.807) is 6.55 Å². The van der Waals surface area contributed by atoms with Crippen molar-refractivity contribution in [3.8, 4) is 11.5 Å². The third-order valence-corrected chi connectivity index (χ3v) is 5.61. The van der Waals surface area contributed by atoms with Crippen molar-refractivity contribution in [3.63, 3.8) is 0 Å². The smallest absolute Gasteiger partial charge is 0.279 e. The van der Waals surface area contributed by atoms with Gasteiger partial charge in [0.05, 0.1) is 0 Å². The topological polar surface area (TPSA) is 34.1 Å². The Kier molecular flexibility index (Phi) is 4.64. The van der Waals surface area contributed by atoms with Crippen molar-refractivity contribution in [3.05, 3.63) is 0 Å². The predicted molar refractivity (Wildman–Crippen MR) is 55.7 cm³/mol. The first-order valence-corrected chi connectivity index (χ1v) is 6.97. The summed E-state index contributed by atoms with van der Waals surface area (Å²) < 4.78 is 0. The van der Waals surface area contributed by atoms with Crippen LogP contribution in [0.15, 0.2) is 0 Å². The molecule has 0 fully saturated rings. The molecular weight excluding hydrogens is 180 g/mol. The summed E-state index contributed by atoms with van der Waals surface area (Å²) in [5.74, 6) is 2.91.